The van der Waals surface area contributed by atoms with Gasteiger partial charge in [-0.3, -0.25) is 0 Å². The van der Waals surface area contributed by atoms with Crippen LogP contribution in [0.5, 0.6) is 0 Å². The predicted molar refractivity (Wildman–Crippen MR) is 71.7 cm³/mol. The third-order valence-electron chi connectivity index (χ3n) is 5.02. The van der Waals surface area contributed by atoms with Crippen LogP contribution < -0.4 is 5.32 Å². The fraction of sp³-hybridized carbons (Fsp3) is 1.00. The van der Waals surface area contributed by atoms with Gasteiger partial charge < -0.3 is 14.8 Å². The molecule has 1 aliphatic carbocycles. The second-order valence-electron chi connectivity index (χ2n) is 6.42. The normalized spacial score (nSPS) is 37.7. The van der Waals surface area contributed by atoms with Gasteiger partial charge in [-0.1, -0.05) is 25.7 Å². The molecule has 2 aliphatic heterocycles. The molecule has 1 spiro atoms. The molecular weight excluding hydrogens is 226 g/mol. The molecule has 0 aromatic rings. The molecule has 2 saturated heterocycles. The zero-order chi connectivity index (χ0) is 12.3. The van der Waals surface area contributed by atoms with Crippen molar-refractivity contribution in [1.82, 2.24) is 5.32 Å². The van der Waals surface area contributed by atoms with E-state index in [1.54, 1.807) is 0 Å². The van der Waals surface area contributed by atoms with Gasteiger partial charge in [0.2, 0.25) is 0 Å². The number of ether oxygens (including phenoxy) is 2. The van der Waals surface area contributed by atoms with E-state index in [-0.39, 0.29) is 5.60 Å². The van der Waals surface area contributed by atoms with Gasteiger partial charge in [0.15, 0.2) is 0 Å². The minimum atomic E-state index is 0.0588. The predicted octanol–water partition coefficient (Wildman–Crippen LogP) is 2.49. The zero-order valence-corrected chi connectivity index (χ0v) is 11.5. The number of rotatable bonds is 4. The Balaban J connectivity index is 1.39. The Kier molecular flexibility index (Phi) is 4.22. The first kappa shape index (κ1) is 12.9. The Morgan fingerprint density at radius 2 is 2.00 bits per heavy atom. The smallest absolute Gasteiger partial charge is 0.0951 e. The van der Waals surface area contributed by atoms with Crippen molar-refractivity contribution < 1.29 is 9.47 Å². The van der Waals surface area contributed by atoms with Gasteiger partial charge in [-0.25, -0.2) is 0 Å². The lowest BCUT2D eigenvalue weighted by atomic mass is 9.89. The second-order valence-corrected chi connectivity index (χ2v) is 6.42. The quantitative estimate of drug-likeness (QED) is 0.835. The summed E-state index contributed by atoms with van der Waals surface area (Å²) in [5.74, 6) is 1.00. The molecule has 2 atom stereocenters. The van der Waals surface area contributed by atoms with Crippen molar-refractivity contribution in [3.63, 3.8) is 0 Å². The molecule has 3 fully saturated rings. The van der Waals surface area contributed by atoms with Crippen LogP contribution >= 0.6 is 0 Å². The van der Waals surface area contributed by atoms with Crippen LogP contribution in [0, 0.1) is 5.92 Å². The molecule has 3 nitrogen and oxygen atoms in total. The van der Waals surface area contributed by atoms with Gasteiger partial charge in [-0.05, 0) is 31.7 Å². The lowest BCUT2D eigenvalue weighted by Gasteiger charge is -2.37. The van der Waals surface area contributed by atoms with Crippen molar-refractivity contribution in [3.8, 4) is 0 Å². The first-order valence-electron chi connectivity index (χ1n) is 7.81. The summed E-state index contributed by atoms with van der Waals surface area (Å²) in [5, 5.41) is 3.76. The maximum Gasteiger partial charge on any atom is 0.0951 e. The molecule has 0 amide bonds. The summed E-state index contributed by atoms with van der Waals surface area (Å²) >= 11 is 0. The summed E-state index contributed by atoms with van der Waals surface area (Å²) in [4.78, 5) is 0. The largest absolute Gasteiger partial charge is 0.378 e. The van der Waals surface area contributed by atoms with Crippen molar-refractivity contribution in [3.05, 3.63) is 0 Å². The van der Waals surface area contributed by atoms with Crippen molar-refractivity contribution >= 4 is 0 Å². The molecule has 18 heavy (non-hydrogen) atoms. The van der Waals surface area contributed by atoms with E-state index in [1.165, 1.54) is 45.1 Å². The van der Waals surface area contributed by atoms with Gasteiger partial charge in [-0.15, -0.1) is 0 Å². The van der Waals surface area contributed by atoms with Crippen LogP contribution in [0.2, 0.25) is 0 Å². The van der Waals surface area contributed by atoms with Crippen LogP contribution in [0.1, 0.15) is 51.4 Å². The molecule has 0 bridgehead atoms. The molecule has 0 aromatic carbocycles. The van der Waals surface area contributed by atoms with Gasteiger partial charge in [0.05, 0.1) is 12.2 Å². The molecular formula is C15H27NO2. The maximum atomic E-state index is 5.97. The van der Waals surface area contributed by atoms with Gasteiger partial charge in [0.25, 0.3) is 0 Å². The molecule has 2 unspecified atom stereocenters. The van der Waals surface area contributed by atoms with Crippen molar-refractivity contribution in [2.24, 2.45) is 5.92 Å². The molecule has 3 heteroatoms. The summed E-state index contributed by atoms with van der Waals surface area (Å²) in [5.41, 5.74) is 0.0588. The van der Waals surface area contributed by atoms with Crippen LogP contribution in [0.25, 0.3) is 0 Å². The summed E-state index contributed by atoms with van der Waals surface area (Å²) in [6, 6.07) is 0.654. The van der Waals surface area contributed by atoms with E-state index < -0.39 is 0 Å². The molecule has 1 N–H and O–H groups in total. The van der Waals surface area contributed by atoms with E-state index in [2.05, 4.69) is 5.32 Å². The monoisotopic (exact) mass is 253 g/mol. The molecule has 104 valence electrons. The highest BCUT2D eigenvalue weighted by Crippen LogP contribution is 2.33. The standard InChI is InChI=1S/C15H27NO2/c1-2-4-13(3-1)5-8-16-14-6-9-18-15(11-14)7-10-17-12-15/h13-14,16H,1-12H2. The molecule has 1 saturated carbocycles. The van der Waals surface area contributed by atoms with E-state index in [9.17, 15) is 0 Å². The van der Waals surface area contributed by atoms with E-state index >= 15 is 0 Å². The zero-order valence-electron chi connectivity index (χ0n) is 11.5. The second kappa shape index (κ2) is 5.89. The average Bonchev–Trinajstić information content (AvgIpc) is 3.02. The number of nitrogens with one attached hydrogen (secondary N) is 1. The number of hydrogen-bond acceptors (Lipinski definition) is 3. The van der Waals surface area contributed by atoms with Gasteiger partial charge >= 0.3 is 0 Å². The lowest BCUT2D eigenvalue weighted by molar-refractivity contribution is -0.0893. The molecule has 0 radical (unpaired) electrons. The highest BCUT2D eigenvalue weighted by Gasteiger charge is 2.40. The lowest BCUT2D eigenvalue weighted by Crippen LogP contribution is -2.47. The highest BCUT2D eigenvalue weighted by atomic mass is 16.6. The Hall–Kier alpha value is -0.120. The molecule has 3 aliphatic rings. The summed E-state index contributed by atoms with van der Waals surface area (Å²) in [7, 11) is 0. The van der Waals surface area contributed by atoms with E-state index in [1.807, 2.05) is 0 Å². The molecule has 3 rings (SSSR count). The fourth-order valence-electron chi connectivity index (χ4n) is 3.86. The minimum Gasteiger partial charge on any atom is -0.378 e. The van der Waals surface area contributed by atoms with Crippen molar-refractivity contribution in [2.75, 3.05) is 26.4 Å². The average molecular weight is 253 g/mol. The van der Waals surface area contributed by atoms with Crippen molar-refractivity contribution in [1.29, 1.82) is 0 Å². The Labute approximate surface area is 111 Å². The summed E-state index contributed by atoms with van der Waals surface area (Å²) < 4.78 is 11.5. The van der Waals surface area contributed by atoms with E-state index in [0.717, 1.165) is 38.6 Å². The van der Waals surface area contributed by atoms with Crippen molar-refractivity contribution in [2.45, 2.75) is 63.0 Å². The minimum absolute atomic E-state index is 0.0588. The van der Waals surface area contributed by atoms with Crippen LogP contribution in [0.3, 0.4) is 0 Å². The third-order valence-corrected chi connectivity index (χ3v) is 5.02. The Morgan fingerprint density at radius 1 is 1.11 bits per heavy atom. The van der Waals surface area contributed by atoms with Gasteiger partial charge in [0, 0.05) is 25.7 Å². The highest BCUT2D eigenvalue weighted by molar-refractivity contribution is 4.92. The summed E-state index contributed by atoms with van der Waals surface area (Å²) in [6.07, 6.45) is 10.6. The fourth-order valence-corrected chi connectivity index (χ4v) is 3.86. The Morgan fingerprint density at radius 3 is 2.78 bits per heavy atom. The maximum absolute atomic E-state index is 5.97. The number of hydrogen-bond donors (Lipinski definition) is 1. The SMILES string of the molecule is C1CCC(CCNC2CCOC3(CCOC3)C2)C1. The molecule has 0 aromatic heterocycles. The van der Waals surface area contributed by atoms with E-state index in [0.29, 0.717) is 6.04 Å². The Bertz CT molecular complexity index is 257. The third kappa shape index (κ3) is 3.06. The first-order valence-corrected chi connectivity index (χ1v) is 7.81. The summed E-state index contributed by atoms with van der Waals surface area (Å²) in [6.45, 7) is 3.80. The van der Waals surface area contributed by atoms with Gasteiger partial charge in [0.1, 0.15) is 0 Å². The molecule has 2 heterocycles. The van der Waals surface area contributed by atoms with Gasteiger partial charge in [-0.2, -0.15) is 0 Å². The topological polar surface area (TPSA) is 30.5 Å². The first-order chi connectivity index (χ1) is 8.86. The van der Waals surface area contributed by atoms with Crippen LogP contribution in [0.15, 0.2) is 0 Å². The van der Waals surface area contributed by atoms with Crippen LogP contribution in [0.4, 0.5) is 0 Å². The van der Waals surface area contributed by atoms with Crippen LogP contribution in [-0.2, 0) is 9.47 Å². The van der Waals surface area contributed by atoms with E-state index in [4.69, 9.17) is 9.47 Å². The van der Waals surface area contributed by atoms with Crippen LogP contribution in [-0.4, -0.2) is 38.0 Å².